The molecule has 4 heteroatoms. The summed E-state index contributed by atoms with van der Waals surface area (Å²) >= 11 is 0. The van der Waals surface area contributed by atoms with Crippen molar-refractivity contribution in [2.45, 2.75) is 43.9 Å². The van der Waals surface area contributed by atoms with Crippen molar-refractivity contribution < 1.29 is 15.0 Å². The van der Waals surface area contributed by atoms with Crippen molar-refractivity contribution in [1.82, 2.24) is 4.90 Å². The first-order chi connectivity index (χ1) is 9.13. The highest BCUT2D eigenvalue weighted by atomic mass is 16.3. The third-order valence-electron chi connectivity index (χ3n) is 4.37. The maximum atomic E-state index is 12.2. The van der Waals surface area contributed by atoms with Crippen molar-refractivity contribution in [3.8, 4) is 5.75 Å². The summed E-state index contributed by atoms with van der Waals surface area (Å²) in [6.07, 6.45) is 3.56. The fourth-order valence-corrected chi connectivity index (χ4v) is 3.41. The van der Waals surface area contributed by atoms with E-state index in [9.17, 15) is 15.0 Å². The van der Waals surface area contributed by atoms with Crippen molar-refractivity contribution in [2.24, 2.45) is 0 Å². The number of carbonyl (C=O) groups is 1. The number of phenols is 1. The molecule has 0 radical (unpaired) electrons. The van der Waals surface area contributed by atoms with Crippen molar-refractivity contribution in [1.29, 1.82) is 0 Å². The van der Waals surface area contributed by atoms with Crippen LogP contribution in [0.2, 0.25) is 0 Å². The van der Waals surface area contributed by atoms with Crippen LogP contribution < -0.4 is 0 Å². The van der Waals surface area contributed by atoms with Gasteiger partial charge in [0.15, 0.2) is 5.78 Å². The normalized spacial score (nSPS) is 30.5. The van der Waals surface area contributed by atoms with Crippen LogP contribution in [0.1, 0.15) is 36.0 Å². The lowest BCUT2D eigenvalue weighted by molar-refractivity contribution is 0.0344. The third kappa shape index (κ3) is 2.51. The Morgan fingerprint density at radius 2 is 1.74 bits per heavy atom. The summed E-state index contributed by atoms with van der Waals surface area (Å²) in [5.74, 6) is 0.269. The Bertz CT molecular complexity index is 457. The van der Waals surface area contributed by atoms with E-state index in [-0.39, 0.29) is 17.6 Å². The molecule has 3 rings (SSSR count). The van der Waals surface area contributed by atoms with E-state index in [0.717, 1.165) is 25.7 Å². The molecule has 0 aromatic heterocycles. The molecule has 1 aromatic rings. The van der Waals surface area contributed by atoms with Crippen LogP contribution in [0, 0.1) is 0 Å². The third-order valence-corrected chi connectivity index (χ3v) is 4.37. The number of hydrogen-bond acceptors (Lipinski definition) is 4. The summed E-state index contributed by atoms with van der Waals surface area (Å²) in [7, 11) is 0. The predicted molar refractivity (Wildman–Crippen MR) is 71.2 cm³/mol. The quantitative estimate of drug-likeness (QED) is 0.811. The molecule has 2 saturated heterocycles. The summed E-state index contributed by atoms with van der Waals surface area (Å²) in [6, 6.07) is 7.13. The largest absolute Gasteiger partial charge is 0.508 e. The second kappa shape index (κ2) is 4.94. The van der Waals surface area contributed by atoms with E-state index >= 15 is 0 Å². The predicted octanol–water partition coefficient (Wildman–Crippen LogP) is 1.56. The van der Waals surface area contributed by atoms with Gasteiger partial charge in [-0.2, -0.15) is 0 Å². The number of nitrogens with zero attached hydrogens (tertiary/aromatic N) is 1. The minimum atomic E-state index is -0.197. The minimum absolute atomic E-state index is 0.0910. The highest BCUT2D eigenvalue weighted by molar-refractivity contribution is 5.97. The Labute approximate surface area is 112 Å². The van der Waals surface area contributed by atoms with Crippen LogP contribution in [0.15, 0.2) is 24.3 Å². The summed E-state index contributed by atoms with van der Waals surface area (Å²) in [4.78, 5) is 14.5. The molecule has 2 N–H and O–H groups in total. The van der Waals surface area contributed by atoms with Gasteiger partial charge in [-0.05, 0) is 49.9 Å². The number of phenolic OH excluding ortho intramolecular Hbond substituents is 1. The van der Waals surface area contributed by atoms with Gasteiger partial charge < -0.3 is 10.2 Å². The number of fused-ring (bicyclic) bond motifs is 2. The van der Waals surface area contributed by atoms with Gasteiger partial charge in [-0.15, -0.1) is 0 Å². The smallest absolute Gasteiger partial charge is 0.176 e. The molecule has 0 saturated carbocycles. The molecule has 0 amide bonds. The van der Waals surface area contributed by atoms with Gasteiger partial charge in [0.25, 0.3) is 0 Å². The van der Waals surface area contributed by atoms with Gasteiger partial charge in [0, 0.05) is 17.6 Å². The monoisotopic (exact) mass is 261 g/mol. The summed E-state index contributed by atoms with van der Waals surface area (Å²) in [5, 5.41) is 19.0. The molecular formula is C15H19NO3. The van der Waals surface area contributed by atoms with Crippen LogP contribution in [-0.2, 0) is 0 Å². The molecule has 102 valence electrons. The average Bonchev–Trinajstić information content (AvgIpc) is 2.62. The number of carbonyl (C=O) groups excluding carboxylic acids is 1. The number of rotatable bonds is 3. The Balaban J connectivity index is 1.69. The number of hydrogen-bond donors (Lipinski definition) is 2. The van der Waals surface area contributed by atoms with E-state index in [1.165, 1.54) is 0 Å². The molecule has 2 fully saturated rings. The SMILES string of the molecule is O=C(CN1C2CCC1CC(O)C2)c1ccc(O)cc1. The first-order valence-electron chi connectivity index (χ1n) is 6.89. The van der Waals surface area contributed by atoms with Gasteiger partial charge >= 0.3 is 0 Å². The second-order valence-corrected chi connectivity index (χ2v) is 5.65. The van der Waals surface area contributed by atoms with E-state index in [1.807, 2.05) is 0 Å². The first kappa shape index (κ1) is 12.6. The molecule has 2 aliphatic heterocycles. The maximum absolute atomic E-state index is 12.2. The zero-order valence-corrected chi connectivity index (χ0v) is 10.8. The van der Waals surface area contributed by atoms with Gasteiger partial charge in [0.05, 0.1) is 12.6 Å². The van der Waals surface area contributed by atoms with Crippen LogP contribution >= 0.6 is 0 Å². The van der Waals surface area contributed by atoms with E-state index in [1.54, 1.807) is 24.3 Å². The average molecular weight is 261 g/mol. The fraction of sp³-hybridized carbons (Fsp3) is 0.533. The van der Waals surface area contributed by atoms with Crippen LogP contribution in [0.5, 0.6) is 5.75 Å². The van der Waals surface area contributed by atoms with Gasteiger partial charge in [-0.1, -0.05) is 0 Å². The lowest BCUT2D eigenvalue weighted by atomic mass is 9.99. The molecule has 2 atom stereocenters. The van der Waals surface area contributed by atoms with Crippen molar-refractivity contribution in [3.63, 3.8) is 0 Å². The van der Waals surface area contributed by atoms with Crippen molar-refractivity contribution >= 4 is 5.78 Å². The second-order valence-electron chi connectivity index (χ2n) is 5.65. The number of ketones is 1. The molecule has 0 aliphatic carbocycles. The van der Waals surface area contributed by atoms with Gasteiger partial charge in [-0.25, -0.2) is 0 Å². The zero-order chi connectivity index (χ0) is 13.4. The van der Waals surface area contributed by atoms with Crippen LogP contribution in [0.3, 0.4) is 0 Å². The van der Waals surface area contributed by atoms with Crippen LogP contribution in [-0.4, -0.2) is 45.6 Å². The van der Waals surface area contributed by atoms with Gasteiger partial charge in [0.1, 0.15) is 5.75 Å². The molecule has 2 aliphatic rings. The summed E-state index contributed by atoms with van der Waals surface area (Å²) in [5.41, 5.74) is 0.642. The number of aliphatic hydroxyl groups excluding tert-OH is 1. The Hall–Kier alpha value is -1.39. The topological polar surface area (TPSA) is 60.8 Å². The fourth-order valence-electron chi connectivity index (χ4n) is 3.41. The lowest BCUT2D eigenvalue weighted by Gasteiger charge is -2.36. The first-order valence-corrected chi connectivity index (χ1v) is 6.89. The van der Waals surface area contributed by atoms with E-state index in [0.29, 0.717) is 24.2 Å². The van der Waals surface area contributed by atoms with E-state index in [4.69, 9.17) is 0 Å². The summed E-state index contributed by atoms with van der Waals surface area (Å²) < 4.78 is 0. The number of Topliss-reactive ketones (excluding diaryl/α,β-unsaturated/α-hetero) is 1. The Kier molecular flexibility index (Phi) is 3.29. The highest BCUT2D eigenvalue weighted by Gasteiger charge is 2.40. The standard InChI is InChI=1S/C15H19NO3/c17-13-5-1-10(2-6-13)15(19)9-16-11-3-4-12(16)8-14(18)7-11/h1-2,5-6,11-12,14,17-18H,3-4,7-9H2. The molecule has 4 nitrogen and oxygen atoms in total. The van der Waals surface area contributed by atoms with Gasteiger partial charge in [0.2, 0.25) is 0 Å². The van der Waals surface area contributed by atoms with Gasteiger partial charge in [-0.3, -0.25) is 9.69 Å². The van der Waals surface area contributed by atoms with E-state index < -0.39 is 0 Å². The van der Waals surface area contributed by atoms with Crippen molar-refractivity contribution in [2.75, 3.05) is 6.54 Å². The number of aliphatic hydroxyl groups is 1. The highest BCUT2D eigenvalue weighted by Crippen LogP contribution is 2.35. The van der Waals surface area contributed by atoms with Crippen LogP contribution in [0.25, 0.3) is 0 Å². The molecule has 2 bridgehead atoms. The maximum Gasteiger partial charge on any atom is 0.176 e. The molecule has 2 unspecified atom stereocenters. The Morgan fingerprint density at radius 1 is 1.16 bits per heavy atom. The van der Waals surface area contributed by atoms with E-state index in [2.05, 4.69) is 4.90 Å². The Morgan fingerprint density at radius 3 is 2.32 bits per heavy atom. The number of piperidine rings is 1. The molecule has 19 heavy (non-hydrogen) atoms. The number of benzene rings is 1. The molecule has 1 aromatic carbocycles. The molecule has 0 spiro atoms. The summed E-state index contributed by atoms with van der Waals surface area (Å²) in [6.45, 7) is 0.423. The zero-order valence-electron chi connectivity index (χ0n) is 10.8. The minimum Gasteiger partial charge on any atom is -0.508 e. The lowest BCUT2D eigenvalue weighted by Crippen LogP contribution is -2.46. The van der Waals surface area contributed by atoms with Crippen LogP contribution in [0.4, 0.5) is 0 Å². The molecular weight excluding hydrogens is 242 g/mol. The number of aromatic hydroxyl groups is 1. The van der Waals surface area contributed by atoms with Crippen molar-refractivity contribution in [3.05, 3.63) is 29.8 Å². The molecule has 2 heterocycles.